The third-order valence-corrected chi connectivity index (χ3v) is 3.90. The lowest BCUT2D eigenvalue weighted by atomic mass is 9.92. The Hall–Kier alpha value is -2.49. The van der Waals surface area contributed by atoms with Gasteiger partial charge in [-0.15, -0.1) is 0 Å². The maximum absolute atomic E-state index is 11.0. The summed E-state index contributed by atoms with van der Waals surface area (Å²) in [6, 6.07) is 13.5. The van der Waals surface area contributed by atoms with Crippen molar-refractivity contribution in [1.29, 1.82) is 0 Å². The first kappa shape index (κ1) is 13.5. The first-order valence-electron chi connectivity index (χ1n) is 6.94. The van der Waals surface area contributed by atoms with Gasteiger partial charge in [-0.1, -0.05) is 12.1 Å². The molecule has 0 saturated heterocycles. The Kier molecular flexibility index (Phi) is 3.52. The van der Waals surface area contributed by atoms with E-state index < -0.39 is 5.97 Å². The van der Waals surface area contributed by atoms with Crippen molar-refractivity contribution in [3.63, 3.8) is 0 Å². The number of rotatable bonds is 3. The molecular formula is C17H17NO3. The second-order valence-corrected chi connectivity index (χ2v) is 5.19. The molecule has 21 heavy (non-hydrogen) atoms. The van der Waals surface area contributed by atoms with Crippen LogP contribution in [0.25, 0.3) is 0 Å². The van der Waals surface area contributed by atoms with Crippen LogP contribution in [0.15, 0.2) is 42.5 Å². The van der Waals surface area contributed by atoms with Crippen LogP contribution in [-0.4, -0.2) is 18.2 Å². The van der Waals surface area contributed by atoms with E-state index in [1.165, 1.54) is 5.56 Å². The first-order chi connectivity index (χ1) is 10.2. The van der Waals surface area contributed by atoms with E-state index in [9.17, 15) is 4.79 Å². The second kappa shape index (κ2) is 5.48. The van der Waals surface area contributed by atoms with Crippen molar-refractivity contribution in [2.75, 3.05) is 12.4 Å². The summed E-state index contributed by atoms with van der Waals surface area (Å²) in [5, 5.41) is 12.5. The lowest BCUT2D eigenvalue weighted by Crippen LogP contribution is -2.18. The van der Waals surface area contributed by atoms with E-state index in [0.29, 0.717) is 5.56 Å². The van der Waals surface area contributed by atoms with Gasteiger partial charge in [-0.2, -0.15) is 0 Å². The molecule has 0 aromatic heterocycles. The summed E-state index contributed by atoms with van der Waals surface area (Å²) in [6.45, 7) is 0. The molecule has 2 N–H and O–H groups in total. The lowest BCUT2D eigenvalue weighted by Gasteiger charge is -2.27. The van der Waals surface area contributed by atoms with Crippen LogP contribution in [0.3, 0.4) is 0 Å². The summed E-state index contributed by atoms with van der Waals surface area (Å²) >= 11 is 0. The maximum atomic E-state index is 11.0. The van der Waals surface area contributed by atoms with E-state index in [4.69, 9.17) is 9.84 Å². The highest BCUT2D eigenvalue weighted by atomic mass is 16.5. The molecule has 1 aliphatic heterocycles. The van der Waals surface area contributed by atoms with E-state index in [0.717, 1.165) is 29.8 Å². The monoisotopic (exact) mass is 283 g/mol. The van der Waals surface area contributed by atoms with E-state index in [-0.39, 0.29) is 6.04 Å². The van der Waals surface area contributed by atoms with Gasteiger partial charge in [0.25, 0.3) is 0 Å². The van der Waals surface area contributed by atoms with Gasteiger partial charge in [-0.25, -0.2) is 4.79 Å². The number of carbonyl (C=O) groups is 1. The average Bonchev–Trinajstić information content (AvgIpc) is 2.54. The molecule has 1 unspecified atom stereocenters. The van der Waals surface area contributed by atoms with E-state index >= 15 is 0 Å². The van der Waals surface area contributed by atoms with Crippen molar-refractivity contribution in [3.05, 3.63) is 59.2 Å². The number of hydrogen-bond acceptors (Lipinski definition) is 3. The van der Waals surface area contributed by atoms with Crippen molar-refractivity contribution >= 4 is 11.7 Å². The van der Waals surface area contributed by atoms with Gasteiger partial charge >= 0.3 is 5.97 Å². The smallest absolute Gasteiger partial charge is 0.335 e. The molecule has 0 spiro atoms. The topological polar surface area (TPSA) is 58.6 Å². The Labute approximate surface area is 123 Å². The Bertz CT molecular complexity index is 664. The van der Waals surface area contributed by atoms with Crippen molar-refractivity contribution in [1.82, 2.24) is 0 Å². The minimum atomic E-state index is -0.880. The molecule has 0 radical (unpaired) electrons. The van der Waals surface area contributed by atoms with Crippen molar-refractivity contribution < 1.29 is 14.6 Å². The highest BCUT2D eigenvalue weighted by Crippen LogP contribution is 2.33. The summed E-state index contributed by atoms with van der Waals surface area (Å²) in [5.41, 5.74) is 3.65. The minimum Gasteiger partial charge on any atom is -0.497 e. The Morgan fingerprint density at radius 3 is 2.67 bits per heavy atom. The van der Waals surface area contributed by atoms with Gasteiger partial charge in [0, 0.05) is 5.69 Å². The molecule has 1 heterocycles. The maximum Gasteiger partial charge on any atom is 0.335 e. The highest BCUT2D eigenvalue weighted by molar-refractivity contribution is 5.88. The Balaban J connectivity index is 1.82. The summed E-state index contributed by atoms with van der Waals surface area (Å²) in [4.78, 5) is 11.0. The summed E-state index contributed by atoms with van der Waals surface area (Å²) in [7, 11) is 1.66. The SMILES string of the molecule is COc1ccc(C2CCc3cc(C(=O)O)ccc3N2)cc1. The molecule has 2 aromatic rings. The number of aryl methyl sites for hydroxylation is 1. The molecular weight excluding hydrogens is 266 g/mol. The minimum absolute atomic E-state index is 0.249. The fourth-order valence-electron chi connectivity index (χ4n) is 2.72. The van der Waals surface area contributed by atoms with Crippen molar-refractivity contribution in [2.45, 2.75) is 18.9 Å². The number of hydrogen-bond donors (Lipinski definition) is 2. The number of nitrogens with one attached hydrogen (secondary N) is 1. The van der Waals surface area contributed by atoms with Crippen LogP contribution in [0.1, 0.15) is 33.9 Å². The number of fused-ring (bicyclic) bond motifs is 1. The lowest BCUT2D eigenvalue weighted by molar-refractivity contribution is 0.0697. The van der Waals surface area contributed by atoms with E-state index in [2.05, 4.69) is 17.4 Å². The van der Waals surface area contributed by atoms with Crippen LogP contribution in [0.4, 0.5) is 5.69 Å². The predicted octanol–water partition coefficient (Wildman–Crippen LogP) is 3.49. The number of anilines is 1. The third-order valence-electron chi connectivity index (χ3n) is 3.90. The first-order valence-corrected chi connectivity index (χ1v) is 6.94. The summed E-state index contributed by atoms with van der Waals surface area (Å²) < 4.78 is 5.17. The molecule has 1 atom stereocenters. The number of carboxylic acids is 1. The molecule has 4 nitrogen and oxygen atoms in total. The molecule has 0 amide bonds. The summed E-state index contributed by atoms with van der Waals surface area (Å²) in [6.07, 6.45) is 1.82. The zero-order chi connectivity index (χ0) is 14.8. The summed E-state index contributed by atoms with van der Waals surface area (Å²) in [5.74, 6) is -0.0314. The predicted molar refractivity (Wildman–Crippen MR) is 81.1 cm³/mol. The van der Waals surface area contributed by atoms with Gasteiger partial charge in [-0.05, 0) is 54.3 Å². The molecule has 108 valence electrons. The van der Waals surface area contributed by atoms with Gasteiger partial charge in [0.05, 0.1) is 18.7 Å². The third kappa shape index (κ3) is 2.70. The number of benzene rings is 2. The Morgan fingerprint density at radius 1 is 1.24 bits per heavy atom. The van der Waals surface area contributed by atoms with Crippen molar-refractivity contribution in [3.8, 4) is 5.75 Å². The zero-order valence-electron chi connectivity index (χ0n) is 11.8. The van der Waals surface area contributed by atoms with Crippen LogP contribution in [0, 0.1) is 0 Å². The zero-order valence-corrected chi connectivity index (χ0v) is 11.8. The van der Waals surface area contributed by atoms with Crippen LogP contribution >= 0.6 is 0 Å². The fourth-order valence-corrected chi connectivity index (χ4v) is 2.72. The normalized spacial score (nSPS) is 16.7. The van der Waals surface area contributed by atoms with Crippen molar-refractivity contribution in [2.24, 2.45) is 0 Å². The molecule has 0 bridgehead atoms. The Morgan fingerprint density at radius 2 is 2.00 bits per heavy atom. The average molecular weight is 283 g/mol. The quantitative estimate of drug-likeness (QED) is 0.905. The van der Waals surface area contributed by atoms with Crippen LogP contribution in [-0.2, 0) is 6.42 Å². The van der Waals surface area contributed by atoms with Gasteiger partial charge in [0.2, 0.25) is 0 Å². The molecule has 1 aliphatic rings. The molecule has 0 fully saturated rings. The highest BCUT2D eigenvalue weighted by Gasteiger charge is 2.20. The molecule has 0 saturated carbocycles. The molecule has 4 heteroatoms. The van der Waals surface area contributed by atoms with E-state index in [1.54, 1.807) is 19.2 Å². The van der Waals surface area contributed by atoms with Gasteiger partial charge < -0.3 is 15.2 Å². The number of ether oxygens (including phenoxy) is 1. The van der Waals surface area contributed by atoms with Crippen LogP contribution in [0.2, 0.25) is 0 Å². The van der Waals surface area contributed by atoms with Crippen LogP contribution in [0.5, 0.6) is 5.75 Å². The van der Waals surface area contributed by atoms with Gasteiger partial charge in [-0.3, -0.25) is 0 Å². The molecule has 0 aliphatic carbocycles. The van der Waals surface area contributed by atoms with Gasteiger partial charge in [0.1, 0.15) is 5.75 Å². The number of methoxy groups -OCH3 is 1. The van der Waals surface area contributed by atoms with E-state index in [1.807, 2.05) is 18.2 Å². The van der Waals surface area contributed by atoms with Gasteiger partial charge in [0.15, 0.2) is 0 Å². The number of carboxylic acid groups (broad SMARTS) is 1. The standard InChI is InChI=1S/C17H17NO3/c1-21-14-6-2-11(3-7-14)15-8-4-12-10-13(17(19)20)5-9-16(12)18-15/h2-3,5-7,9-10,15,18H,4,8H2,1H3,(H,19,20). The van der Waals surface area contributed by atoms with Crippen LogP contribution < -0.4 is 10.1 Å². The molecule has 2 aromatic carbocycles. The largest absolute Gasteiger partial charge is 0.497 e. The second-order valence-electron chi connectivity index (χ2n) is 5.19. The fraction of sp³-hybridized carbons (Fsp3) is 0.235. The molecule has 3 rings (SSSR count). The number of aromatic carboxylic acids is 1.